The number of carboxylic acid groups (broad SMARTS) is 1. The summed E-state index contributed by atoms with van der Waals surface area (Å²) in [4.78, 5) is 28.4. The van der Waals surface area contributed by atoms with E-state index in [0.717, 1.165) is 16.6 Å². The predicted molar refractivity (Wildman–Crippen MR) is 90.9 cm³/mol. The summed E-state index contributed by atoms with van der Waals surface area (Å²) in [5.74, 6) is -1.15. The second-order valence-corrected chi connectivity index (χ2v) is 6.84. The number of hydrogen-bond acceptors (Lipinski definition) is 3. The number of nitrogens with zero attached hydrogens (tertiary/aromatic N) is 1. The standard InChI is InChI=1S/C17H23N3O3/c1-17(2,3)16(23)18-9-12-11-8-10(20(4)5)6-7-13(11)19-14(12)15(21)22/h6-8,19H,9H2,1-5H3,(H,18,23)(H,21,22). The second-order valence-electron chi connectivity index (χ2n) is 6.84. The molecule has 6 heteroatoms. The van der Waals surface area contributed by atoms with E-state index >= 15 is 0 Å². The van der Waals surface area contributed by atoms with Crippen molar-refractivity contribution in [2.24, 2.45) is 5.41 Å². The van der Waals surface area contributed by atoms with Crippen molar-refractivity contribution in [3.05, 3.63) is 29.5 Å². The Morgan fingerprint density at radius 1 is 1.26 bits per heavy atom. The van der Waals surface area contributed by atoms with Crippen LogP contribution in [0.3, 0.4) is 0 Å². The normalized spacial score (nSPS) is 11.5. The third kappa shape index (κ3) is 3.47. The number of aromatic amines is 1. The van der Waals surface area contributed by atoms with E-state index < -0.39 is 11.4 Å². The quantitative estimate of drug-likeness (QED) is 0.809. The van der Waals surface area contributed by atoms with Crippen LogP contribution in [0.15, 0.2) is 18.2 Å². The first-order valence-electron chi connectivity index (χ1n) is 7.45. The Hall–Kier alpha value is -2.50. The number of anilines is 1. The van der Waals surface area contributed by atoms with Gasteiger partial charge in [-0.05, 0) is 18.2 Å². The molecule has 1 amide bonds. The number of benzene rings is 1. The van der Waals surface area contributed by atoms with Gasteiger partial charge in [0.15, 0.2) is 0 Å². The molecule has 6 nitrogen and oxygen atoms in total. The van der Waals surface area contributed by atoms with Gasteiger partial charge in [-0.2, -0.15) is 0 Å². The van der Waals surface area contributed by atoms with Crippen LogP contribution in [0.25, 0.3) is 10.9 Å². The highest BCUT2D eigenvalue weighted by molar-refractivity contribution is 5.98. The van der Waals surface area contributed by atoms with Crippen LogP contribution in [0, 0.1) is 5.41 Å². The molecule has 0 atom stereocenters. The summed E-state index contributed by atoms with van der Waals surface area (Å²) in [5, 5.41) is 13.0. The van der Waals surface area contributed by atoms with Gasteiger partial charge in [-0.3, -0.25) is 4.79 Å². The molecule has 0 fully saturated rings. The average molecular weight is 317 g/mol. The Labute approximate surface area is 135 Å². The van der Waals surface area contributed by atoms with Crippen LogP contribution in [0.5, 0.6) is 0 Å². The van der Waals surface area contributed by atoms with E-state index in [1.54, 1.807) is 0 Å². The number of carbonyl (C=O) groups is 2. The van der Waals surface area contributed by atoms with Crippen LogP contribution in [0.2, 0.25) is 0 Å². The van der Waals surface area contributed by atoms with Gasteiger partial charge in [0.1, 0.15) is 5.69 Å². The van der Waals surface area contributed by atoms with Crippen molar-refractivity contribution in [2.75, 3.05) is 19.0 Å². The first-order valence-corrected chi connectivity index (χ1v) is 7.45. The maximum Gasteiger partial charge on any atom is 0.352 e. The molecule has 2 aromatic rings. The Morgan fingerprint density at radius 2 is 1.91 bits per heavy atom. The fourth-order valence-electron chi connectivity index (χ4n) is 2.31. The van der Waals surface area contributed by atoms with Crippen molar-refractivity contribution in [3.8, 4) is 0 Å². The molecular weight excluding hydrogens is 294 g/mol. The van der Waals surface area contributed by atoms with E-state index in [2.05, 4.69) is 10.3 Å². The summed E-state index contributed by atoms with van der Waals surface area (Å²) in [6, 6.07) is 5.70. The Balaban J connectivity index is 2.46. The van der Waals surface area contributed by atoms with Crippen molar-refractivity contribution in [1.82, 2.24) is 10.3 Å². The minimum atomic E-state index is -1.03. The van der Waals surface area contributed by atoms with Crippen molar-refractivity contribution in [3.63, 3.8) is 0 Å². The lowest BCUT2D eigenvalue weighted by Gasteiger charge is -2.18. The SMILES string of the molecule is CN(C)c1ccc2[nH]c(C(=O)O)c(CNC(=O)C(C)(C)C)c2c1. The zero-order valence-corrected chi connectivity index (χ0v) is 14.2. The molecule has 124 valence electrons. The van der Waals surface area contributed by atoms with Crippen molar-refractivity contribution in [1.29, 1.82) is 0 Å². The number of amides is 1. The van der Waals surface area contributed by atoms with Gasteiger partial charge in [0.25, 0.3) is 0 Å². The molecule has 3 N–H and O–H groups in total. The number of carboxylic acids is 1. The first-order chi connectivity index (χ1) is 10.6. The molecule has 0 aliphatic heterocycles. The maximum atomic E-state index is 12.1. The third-order valence-electron chi connectivity index (χ3n) is 3.73. The molecule has 1 aromatic heterocycles. The molecule has 1 heterocycles. The van der Waals surface area contributed by atoms with Gasteiger partial charge in [0.05, 0.1) is 0 Å². The fraction of sp³-hybridized carbons (Fsp3) is 0.412. The fourth-order valence-corrected chi connectivity index (χ4v) is 2.31. The van der Waals surface area contributed by atoms with Gasteiger partial charge in [0.2, 0.25) is 5.91 Å². The molecule has 0 saturated heterocycles. The summed E-state index contributed by atoms with van der Waals surface area (Å²) in [6.45, 7) is 5.63. The van der Waals surface area contributed by atoms with E-state index in [1.807, 2.05) is 58.0 Å². The predicted octanol–water partition coefficient (Wildman–Crippen LogP) is 2.59. The minimum Gasteiger partial charge on any atom is -0.477 e. The topological polar surface area (TPSA) is 85.4 Å². The summed E-state index contributed by atoms with van der Waals surface area (Å²) >= 11 is 0. The highest BCUT2D eigenvalue weighted by atomic mass is 16.4. The number of hydrogen-bond donors (Lipinski definition) is 3. The first kappa shape index (κ1) is 16.9. The van der Waals surface area contributed by atoms with Crippen LogP contribution < -0.4 is 10.2 Å². The number of rotatable bonds is 4. The molecule has 0 spiro atoms. The largest absolute Gasteiger partial charge is 0.477 e. The van der Waals surface area contributed by atoms with Crippen LogP contribution in [0.4, 0.5) is 5.69 Å². The van der Waals surface area contributed by atoms with Crippen molar-refractivity contribution < 1.29 is 14.7 Å². The molecule has 0 aliphatic carbocycles. The molecule has 1 aromatic carbocycles. The lowest BCUT2D eigenvalue weighted by atomic mass is 9.95. The van der Waals surface area contributed by atoms with Crippen molar-refractivity contribution in [2.45, 2.75) is 27.3 Å². The summed E-state index contributed by atoms with van der Waals surface area (Å²) < 4.78 is 0. The Kier molecular flexibility index (Phi) is 4.36. The Bertz CT molecular complexity index is 754. The van der Waals surface area contributed by atoms with Gasteiger partial charge in [-0.25, -0.2) is 4.79 Å². The van der Waals surface area contributed by atoms with Crippen LogP contribution in [-0.2, 0) is 11.3 Å². The number of H-pyrrole nitrogens is 1. The molecule has 23 heavy (non-hydrogen) atoms. The number of aromatic nitrogens is 1. The monoisotopic (exact) mass is 317 g/mol. The van der Waals surface area contributed by atoms with E-state index in [9.17, 15) is 14.7 Å². The number of fused-ring (bicyclic) bond motifs is 1. The van der Waals surface area contributed by atoms with Gasteiger partial charge >= 0.3 is 5.97 Å². The molecule has 0 saturated carbocycles. The number of aromatic carboxylic acids is 1. The van der Waals surface area contributed by atoms with Gasteiger partial charge in [-0.1, -0.05) is 20.8 Å². The summed E-state index contributed by atoms with van der Waals surface area (Å²) in [6.07, 6.45) is 0. The summed E-state index contributed by atoms with van der Waals surface area (Å²) in [7, 11) is 3.85. The van der Waals surface area contributed by atoms with Gasteiger partial charge < -0.3 is 20.3 Å². The Morgan fingerprint density at radius 3 is 2.43 bits per heavy atom. The van der Waals surface area contributed by atoms with Crippen molar-refractivity contribution >= 4 is 28.5 Å². The zero-order chi connectivity index (χ0) is 17.4. The molecule has 2 rings (SSSR count). The lowest BCUT2D eigenvalue weighted by Crippen LogP contribution is -2.34. The average Bonchev–Trinajstić information content (AvgIpc) is 2.81. The molecule has 0 aliphatic rings. The van der Waals surface area contributed by atoms with E-state index in [1.165, 1.54) is 0 Å². The minimum absolute atomic E-state index is 0.116. The zero-order valence-electron chi connectivity index (χ0n) is 14.2. The van der Waals surface area contributed by atoms with Gasteiger partial charge in [-0.15, -0.1) is 0 Å². The van der Waals surface area contributed by atoms with Crippen LogP contribution in [-0.4, -0.2) is 36.1 Å². The molecule has 0 unspecified atom stereocenters. The maximum absolute atomic E-state index is 12.1. The second kappa shape index (κ2) is 5.95. The molecular formula is C17H23N3O3. The summed E-state index contributed by atoms with van der Waals surface area (Å²) in [5.41, 5.74) is 1.90. The third-order valence-corrected chi connectivity index (χ3v) is 3.73. The highest BCUT2D eigenvalue weighted by Gasteiger charge is 2.23. The van der Waals surface area contributed by atoms with E-state index in [-0.39, 0.29) is 18.1 Å². The molecule has 0 bridgehead atoms. The van der Waals surface area contributed by atoms with E-state index in [4.69, 9.17) is 0 Å². The number of nitrogens with one attached hydrogen (secondary N) is 2. The molecule has 0 radical (unpaired) electrons. The van der Waals surface area contributed by atoms with Crippen LogP contribution in [0.1, 0.15) is 36.8 Å². The van der Waals surface area contributed by atoms with Gasteiger partial charge in [0, 0.05) is 48.2 Å². The number of carbonyl (C=O) groups excluding carboxylic acids is 1. The van der Waals surface area contributed by atoms with Crippen LogP contribution >= 0.6 is 0 Å². The smallest absolute Gasteiger partial charge is 0.352 e. The lowest BCUT2D eigenvalue weighted by molar-refractivity contribution is -0.128. The highest BCUT2D eigenvalue weighted by Crippen LogP contribution is 2.27. The van der Waals surface area contributed by atoms with E-state index in [0.29, 0.717) is 5.56 Å².